The zero-order chi connectivity index (χ0) is 16.6. The number of hydrogen-bond acceptors (Lipinski definition) is 5. The highest BCUT2D eigenvalue weighted by Crippen LogP contribution is 2.38. The average Bonchev–Trinajstić information content (AvgIpc) is 2.83. The van der Waals surface area contributed by atoms with Crippen LogP contribution in [-0.4, -0.2) is 20.3 Å². The van der Waals surface area contributed by atoms with Crippen molar-refractivity contribution in [3.05, 3.63) is 45.3 Å². The molecule has 3 aromatic rings. The molecule has 0 atom stereocenters. The molecule has 0 aliphatic rings. The van der Waals surface area contributed by atoms with Crippen LogP contribution in [0.3, 0.4) is 0 Å². The fourth-order valence-electron chi connectivity index (χ4n) is 2.19. The quantitative estimate of drug-likeness (QED) is 0.627. The Labute approximate surface area is 136 Å². The summed E-state index contributed by atoms with van der Waals surface area (Å²) in [5.41, 5.74) is 1.73. The van der Waals surface area contributed by atoms with E-state index in [1.807, 2.05) is 18.2 Å². The van der Waals surface area contributed by atoms with Crippen LogP contribution in [0.2, 0.25) is 5.02 Å². The van der Waals surface area contributed by atoms with Crippen LogP contribution < -0.4 is 5.56 Å². The van der Waals surface area contributed by atoms with Crippen LogP contribution in [-0.2, 0) is 0 Å². The van der Waals surface area contributed by atoms with Crippen LogP contribution in [0.4, 0.5) is 11.4 Å². The summed E-state index contributed by atoms with van der Waals surface area (Å²) in [6.07, 6.45) is 1.29. The third kappa shape index (κ3) is 2.83. The fraction of sp³-hybridized carbons (Fsp3) is 0.200. The second kappa shape index (κ2) is 5.85. The number of nitrogens with zero attached hydrogens (tertiary/aromatic N) is 3. The molecule has 0 fully saturated rings. The number of halogens is 1. The molecule has 7 nitrogen and oxygen atoms in total. The monoisotopic (exact) mass is 331 g/mol. The highest BCUT2D eigenvalue weighted by Gasteiger charge is 2.13. The summed E-state index contributed by atoms with van der Waals surface area (Å²) in [4.78, 5) is 14.2. The first-order valence-corrected chi connectivity index (χ1v) is 7.34. The van der Waals surface area contributed by atoms with E-state index < -0.39 is 5.56 Å². The number of hydrogen-bond donors (Lipinski definition) is 3. The number of H-pyrrole nitrogens is 2. The number of benzene rings is 1. The van der Waals surface area contributed by atoms with E-state index >= 15 is 0 Å². The first kappa shape index (κ1) is 15.2. The highest BCUT2D eigenvalue weighted by atomic mass is 35.5. The maximum absolute atomic E-state index is 11.4. The van der Waals surface area contributed by atoms with E-state index in [2.05, 4.69) is 39.3 Å². The Morgan fingerprint density at radius 1 is 1.30 bits per heavy atom. The summed E-state index contributed by atoms with van der Waals surface area (Å²) in [5.74, 6) is 0.242. The van der Waals surface area contributed by atoms with Crippen LogP contribution in [0.1, 0.15) is 25.3 Å². The van der Waals surface area contributed by atoms with Gasteiger partial charge in [-0.25, -0.2) is 5.10 Å². The van der Waals surface area contributed by atoms with Crippen LogP contribution >= 0.6 is 11.6 Å². The van der Waals surface area contributed by atoms with Gasteiger partial charge in [-0.15, -0.1) is 10.2 Å². The molecule has 0 radical (unpaired) electrons. The Hall–Kier alpha value is -2.67. The van der Waals surface area contributed by atoms with Gasteiger partial charge in [-0.05, 0) is 23.6 Å². The number of aromatic nitrogens is 3. The van der Waals surface area contributed by atoms with Gasteiger partial charge in [0.1, 0.15) is 10.7 Å². The van der Waals surface area contributed by atoms with E-state index in [4.69, 9.17) is 11.6 Å². The summed E-state index contributed by atoms with van der Waals surface area (Å²) >= 11 is 5.85. The number of nitrogens with one attached hydrogen (secondary N) is 2. The Balaban J connectivity index is 2.10. The molecule has 0 bridgehead atoms. The van der Waals surface area contributed by atoms with E-state index in [1.54, 1.807) is 0 Å². The molecule has 0 unspecified atom stereocenters. The van der Waals surface area contributed by atoms with E-state index in [9.17, 15) is 9.90 Å². The van der Waals surface area contributed by atoms with Gasteiger partial charge >= 0.3 is 0 Å². The summed E-state index contributed by atoms with van der Waals surface area (Å²) in [5, 5.41) is 24.5. The van der Waals surface area contributed by atoms with Gasteiger partial charge in [0, 0.05) is 5.39 Å². The predicted molar refractivity (Wildman–Crippen MR) is 88.1 cm³/mol. The van der Waals surface area contributed by atoms with Gasteiger partial charge < -0.3 is 10.1 Å². The predicted octanol–water partition coefficient (Wildman–Crippen LogP) is 4.15. The summed E-state index contributed by atoms with van der Waals surface area (Å²) in [6, 6.07) is 5.81. The number of rotatable bonds is 3. The lowest BCUT2D eigenvalue weighted by atomic mass is 10.0. The molecule has 118 valence electrons. The van der Waals surface area contributed by atoms with Crippen molar-refractivity contribution in [2.75, 3.05) is 0 Å². The third-order valence-electron chi connectivity index (χ3n) is 3.48. The minimum absolute atomic E-state index is 0.0985. The molecule has 0 saturated carbocycles. The van der Waals surface area contributed by atoms with Crippen molar-refractivity contribution in [3.63, 3.8) is 0 Å². The molecule has 0 saturated heterocycles. The van der Waals surface area contributed by atoms with Gasteiger partial charge in [-0.3, -0.25) is 4.79 Å². The van der Waals surface area contributed by atoms with Crippen molar-refractivity contribution in [2.45, 2.75) is 19.8 Å². The zero-order valence-electron chi connectivity index (χ0n) is 12.5. The van der Waals surface area contributed by atoms with E-state index in [-0.39, 0.29) is 16.6 Å². The Kier molecular flexibility index (Phi) is 3.87. The molecule has 0 amide bonds. The van der Waals surface area contributed by atoms with Gasteiger partial charge in [-0.2, -0.15) is 5.10 Å². The topological polar surface area (TPSA) is 106 Å². The van der Waals surface area contributed by atoms with E-state index in [0.717, 1.165) is 16.5 Å². The van der Waals surface area contributed by atoms with Crippen LogP contribution in [0.15, 0.2) is 39.4 Å². The maximum atomic E-state index is 11.4. The normalized spacial score (nSPS) is 11.8. The SMILES string of the molecule is CC(C)c1ccc2[nH]c(O)c(N=Nc3cn[nH]c(=O)c3Cl)c2c1. The van der Waals surface area contributed by atoms with Gasteiger partial charge in [0.05, 0.1) is 11.7 Å². The van der Waals surface area contributed by atoms with Crippen molar-refractivity contribution in [1.82, 2.24) is 15.2 Å². The minimum Gasteiger partial charge on any atom is -0.493 e. The first-order valence-electron chi connectivity index (χ1n) is 6.97. The lowest BCUT2D eigenvalue weighted by molar-refractivity contribution is 0.459. The smallest absolute Gasteiger partial charge is 0.285 e. The largest absolute Gasteiger partial charge is 0.493 e. The molecule has 0 spiro atoms. The first-order chi connectivity index (χ1) is 11.0. The second-order valence-electron chi connectivity index (χ2n) is 5.38. The van der Waals surface area contributed by atoms with Crippen molar-refractivity contribution in [2.24, 2.45) is 10.2 Å². The third-order valence-corrected chi connectivity index (χ3v) is 3.84. The molecular weight excluding hydrogens is 318 g/mol. The highest BCUT2D eigenvalue weighted by molar-refractivity contribution is 6.32. The second-order valence-corrected chi connectivity index (χ2v) is 5.76. The van der Waals surface area contributed by atoms with Crippen molar-refractivity contribution < 1.29 is 5.11 Å². The number of azo groups is 1. The van der Waals surface area contributed by atoms with Gasteiger partial charge in [0.15, 0.2) is 5.69 Å². The fourth-order valence-corrected chi connectivity index (χ4v) is 2.32. The zero-order valence-corrected chi connectivity index (χ0v) is 13.2. The molecule has 23 heavy (non-hydrogen) atoms. The Morgan fingerprint density at radius 3 is 2.83 bits per heavy atom. The Bertz CT molecular complexity index is 958. The average molecular weight is 332 g/mol. The molecule has 0 aliphatic heterocycles. The molecule has 3 N–H and O–H groups in total. The van der Waals surface area contributed by atoms with Gasteiger partial charge in [-0.1, -0.05) is 31.5 Å². The van der Waals surface area contributed by atoms with Crippen LogP contribution in [0, 0.1) is 0 Å². The number of aromatic amines is 2. The molecule has 2 heterocycles. The van der Waals surface area contributed by atoms with Crippen LogP contribution in [0.5, 0.6) is 5.88 Å². The van der Waals surface area contributed by atoms with Crippen molar-refractivity contribution in [1.29, 1.82) is 0 Å². The molecule has 8 heteroatoms. The van der Waals surface area contributed by atoms with Crippen molar-refractivity contribution >= 4 is 33.9 Å². The summed E-state index contributed by atoms with van der Waals surface area (Å²) in [7, 11) is 0. The molecule has 1 aromatic carbocycles. The van der Waals surface area contributed by atoms with Crippen molar-refractivity contribution in [3.8, 4) is 5.88 Å². The lowest BCUT2D eigenvalue weighted by Crippen LogP contribution is -2.06. The van der Waals surface area contributed by atoms with E-state index in [1.165, 1.54) is 6.20 Å². The molecule has 3 rings (SSSR count). The molecule has 0 aliphatic carbocycles. The standard InChI is InChI=1S/C15H14ClN5O2/c1-7(2)8-3-4-10-9(5-8)13(15(23)18-10)20-19-11-6-17-21-14(22)12(11)16/h3-7,18,23H,1-2H3,(H,21,22). The molecule has 2 aromatic heterocycles. The van der Waals surface area contributed by atoms with Crippen LogP contribution in [0.25, 0.3) is 10.9 Å². The molecular formula is C15H14ClN5O2. The number of fused-ring (bicyclic) bond motifs is 1. The summed E-state index contributed by atoms with van der Waals surface area (Å²) < 4.78 is 0. The summed E-state index contributed by atoms with van der Waals surface area (Å²) in [6.45, 7) is 4.16. The Morgan fingerprint density at radius 2 is 2.09 bits per heavy atom. The van der Waals surface area contributed by atoms with Gasteiger partial charge in [0.25, 0.3) is 5.56 Å². The number of aromatic hydroxyl groups is 1. The van der Waals surface area contributed by atoms with Gasteiger partial charge in [0.2, 0.25) is 5.88 Å². The van der Waals surface area contributed by atoms with E-state index in [0.29, 0.717) is 11.6 Å². The lowest BCUT2D eigenvalue weighted by Gasteiger charge is -2.04. The maximum Gasteiger partial charge on any atom is 0.285 e. The minimum atomic E-state index is -0.548.